The first kappa shape index (κ1) is 25.2. The second-order valence-electron chi connectivity index (χ2n) is 5.98. The Morgan fingerprint density at radius 2 is 1.04 bits per heavy atom. The average molecular weight is 444 g/mol. The second kappa shape index (κ2) is 11.2. The molecule has 5 rings (SSSR count). The van der Waals surface area contributed by atoms with Gasteiger partial charge in [-0.3, -0.25) is 0 Å². The molecule has 0 N–H and O–H groups in total. The van der Waals surface area contributed by atoms with E-state index < -0.39 is 0 Å². The Balaban J connectivity index is 0.000000447. The van der Waals surface area contributed by atoms with E-state index >= 15 is 0 Å². The molecule has 0 amide bonds. The predicted molar refractivity (Wildman–Crippen MR) is 120 cm³/mol. The molecule has 0 heterocycles. The van der Waals surface area contributed by atoms with Gasteiger partial charge < -0.3 is 14.9 Å². The maximum atomic E-state index is 2.24. The smallest absolute Gasteiger partial charge is 0.358 e. The Kier molecular flexibility index (Phi) is 10.4. The van der Waals surface area contributed by atoms with Crippen LogP contribution in [0.4, 0.5) is 0 Å². The third kappa shape index (κ3) is 5.37. The zero-order valence-electron chi connectivity index (χ0n) is 16.2. The first-order valence-electron chi connectivity index (χ1n) is 7.96. The molecule has 132 valence electrons. The Morgan fingerprint density at radius 1 is 0.593 bits per heavy atom. The minimum Gasteiger partial charge on any atom is -0.358 e. The number of benzene rings is 3. The quantitative estimate of drug-likeness (QED) is 0.177. The minimum atomic E-state index is 0. The molecule has 5 aromatic carbocycles. The zero-order valence-corrected chi connectivity index (χ0v) is 19.6. The summed E-state index contributed by atoms with van der Waals surface area (Å²) in [5, 5.41) is 8.09. The summed E-state index contributed by atoms with van der Waals surface area (Å²) in [5.41, 5.74) is 1.35. The van der Waals surface area contributed by atoms with Gasteiger partial charge in [0.1, 0.15) is 0 Å². The van der Waals surface area contributed by atoms with E-state index in [0.717, 1.165) is 0 Å². The number of aryl methyl sites for hydroxylation is 1. The summed E-state index contributed by atoms with van der Waals surface area (Å²) in [5.74, 6) is 0. The van der Waals surface area contributed by atoms with E-state index in [1.807, 2.05) is 0 Å². The van der Waals surface area contributed by atoms with Gasteiger partial charge in [-0.15, -0.1) is 80.3 Å². The molecule has 0 aromatic heterocycles. The fourth-order valence-corrected chi connectivity index (χ4v) is 3.21. The summed E-state index contributed by atoms with van der Waals surface area (Å²) in [6.07, 6.45) is 0. The Hall–Kier alpha value is -1.76. The van der Waals surface area contributed by atoms with E-state index in [0.29, 0.717) is 0 Å². The molecule has 27 heavy (non-hydrogen) atoms. The molecule has 0 unspecified atom stereocenters. The first-order chi connectivity index (χ1) is 11.3. The standard InChI is InChI=1S/C13H9.C10H9.2CH3.Si.Zr/c1-3-7-12-10(5-1)9-11-6-2-4-8-13(11)12;1-8-6-9-4-2-3-5-10(9)7-8;;;;/h1-9H;2-7H,1H3;2*1H3;;/q4*-1;;+4. The van der Waals surface area contributed by atoms with Gasteiger partial charge in [-0.05, 0) is 0 Å². The van der Waals surface area contributed by atoms with Gasteiger partial charge in [0.05, 0.1) is 0 Å². The number of rotatable bonds is 0. The molecule has 2 heteroatoms. The SMILES string of the molecule is Cc1cc2ccccc2[cH-]1.[CH3-].[CH3-].[Si].[Zr+4].c1ccc2c(c1)[cH-]c1ccccc12. The van der Waals surface area contributed by atoms with Crippen LogP contribution in [0.1, 0.15) is 5.56 Å². The molecule has 5 aromatic rings. The molecule has 0 aliphatic heterocycles. The van der Waals surface area contributed by atoms with Crippen molar-refractivity contribution < 1.29 is 26.2 Å². The molecule has 0 atom stereocenters. The molecule has 0 spiro atoms. The molecular formula is C25H24SiZr. The molecule has 0 aliphatic carbocycles. The van der Waals surface area contributed by atoms with Gasteiger partial charge in [0, 0.05) is 11.0 Å². The van der Waals surface area contributed by atoms with Crippen molar-refractivity contribution in [2.75, 3.05) is 0 Å². The molecule has 0 saturated carbocycles. The Bertz CT molecular complexity index is 1000. The van der Waals surface area contributed by atoms with Crippen LogP contribution < -0.4 is 0 Å². The Labute approximate surface area is 187 Å². The van der Waals surface area contributed by atoms with Crippen LogP contribution in [0, 0.1) is 21.8 Å². The van der Waals surface area contributed by atoms with Crippen LogP contribution in [0.2, 0.25) is 0 Å². The predicted octanol–water partition coefficient (Wildman–Crippen LogP) is 7.10. The third-order valence-corrected chi connectivity index (χ3v) is 4.29. The van der Waals surface area contributed by atoms with Gasteiger partial charge in [0.2, 0.25) is 0 Å². The second-order valence-corrected chi connectivity index (χ2v) is 5.98. The van der Waals surface area contributed by atoms with E-state index in [4.69, 9.17) is 0 Å². The van der Waals surface area contributed by atoms with Gasteiger partial charge in [-0.25, -0.2) is 0 Å². The molecule has 0 nitrogen and oxygen atoms in total. The zero-order chi connectivity index (χ0) is 15.6. The van der Waals surface area contributed by atoms with Crippen molar-refractivity contribution in [3.63, 3.8) is 0 Å². The fourth-order valence-electron chi connectivity index (χ4n) is 3.21. The first-order valence-corrected chi connectivity index (χ1v) is 7.96. The van der Waals surface area contributed by atoms with E-state index in [-0.39, 0.29) is 52.0 Å². The largest absolute Gasteiger partial charge is 4.00 e. The van der Waals surface area contributed by atoms with Gasteiger partial charge in [-0.1, -0.05) is 49.4 Å². The summed E-state index contributed by atoms with van der Waals surface area (Å²) in [4.78, 5) is 0. The van der Waals surface area contributed by atoms with Crippen LogP contribution in [0.3, 0.4) is 0 Å². The van der Waals surface area contributed by atoms with Crippen LogP contribution in [-0.2, 0) is 26.2 Å². The third-order valence-electron chi connectivity index (χ3n) is 4.29. The van der Waals surface area contributed by atoms with Crippen LogP contribution >= 0.6 is 0 Å². The number of fused-ring (bicyclic) bond motifs is 4. The Morgan fingerprint density at radius 3 is 1.56 bits per heavy atom. The summed E-state index contributed by atoms with van der Waals surface area (Å²) in [6, 6.07) is 32.1. The summed E-state index contributed by atoms with van der Waals surface area (Å²) < 4.78 is 0. The van der Waals surface area contributed by atoms with Crippen LogP contribution in [0.15, 0.2) is 91.0 Å². The summed E-state index contributed by atoms with van der Waals surface area (Å²) in [6.45, 7) is 2.12. The number of hydrogen-bond donors (Lipinski definition) is 0. The van der Waals surface area contributed by atoms with E-state index in [1.165, 1.54) is 37.9 Å². The fraction of sp³-hybridized carbons (Fsp3) is 0.0400. The van der Waals surface area contributed by atoms with E-state index in [2.05, 4.69) is 97.9 Å². The maximum Gasteiger partial charge on any atom is 4.00 e. The molecule has 0 fully saturated rings. The maximum absolute atomic E-state index is 2.24. The van der Waals surface area contributed by atoms with Crippen molar-refractivity contribution in [2.45, 2.75) is 6.92 Å². The van der Waals surface area contributed by atoms with Crippen molar-refractivity contribution in [1.82, 2.24) is 0 Å². The van der Waals surface area contributed by atoms with E-state index in [9.17, 15) is 0 Å². The van der Waals surface area contributed by atoms with Gasteiger partial charge in [0.15, 0.2) is 0 Å². The molecular weight excluding hydrogens is 420 g/mol. The van der Waals surface area contributed by atoms with E-state index in [1.54, 1.807) is 0 Å². The monoisotopic (exact) mass is 442 g/mol. The summed E-state index contributed by atoms with van der Waals surface area (Å²) in [7, 11) is 0. The van der Waals surface area contributed by atoms with Gasteiger partial charge in [0.25, 0.3) is 0 Å². The van der Waals surface area contributed by atoms with Crippen LogP contribution in [0.25, 0.3) is 32.3 Å². The topological polar surface area (TPSA) is 0 Å². The molecule has 0 aliphatic rings. The minimum absolute atomic E-state index is 0. The molecule has 0 bridgehead atoms. The normalized spacial score (nSPS) is 9.22. The van der Waals surface area contributed by atoms with Gasteiger partial charge in [-0.2, -0.15) is 6.07 Å². The number of hydrogen-bond acceptors (Lipinski definition) is 0. The van der Waals surface area contributed by atoms with Crippen molar-refractivity contribution >= 4 is 43.3 Å². The van der Waals surface area contributed by atoms with Crippen molar-refractivity contribution in [3.8, 4) is 0 Å². The van der Waals surface area contributed by atoms with Crippen molar-refractivity contribution in [1.29, 1.82) is 0 Å². The molecule has 0 saturated heterocycles. The van der Waals surface area contributed by atoms with Crippen LogP contribution in [-0.4, -0.2) is 11.0 Å². The van der Waals surface area contributed by atoms with Crippen molar-refractivity contribution in [3.05, 3.63) is 111 Å². The van der Waals surface area contributed by atoms with Gasteiger partial charge >= 0.3 is 26.2 Å². The average Bonchev–Trinajstić information content (AvgIpc) is 3.14. The van der Waals surface area contributed by atoms with Crippen molar-refractivity contribution in [2.24, 2.45) is 0 Å². The molecule has 4 radical (unpaired) electrons. The van der Waals surface area contributed by atoms with Crippen LogP contribution in [0.5, 0.6) is 0 Å². The summed E-state index contributed by atoms with van der Waals surface area (Å²) >= 11 is 0.